The second-order valence-electron chi connectivity index (χ2n) is 13.4. The third-order valence-corrected chi connectivity index (χ3v) is 11.4. The molecule has 6 N–H and O–H groups in total. The van der Waals surface area contributed by atoms with Crippen molar-refractivity contribution in [2.75, 3.05) is 40.0 Å². The zero-order valence-electron chi connectivity index (χ0n) is 29.9. The lowest BCUT2D eigenvalue weighted by atomic mass is 9.95. The number of amides is 3. The number of carbonyl (C=O) groups excluding carboxylic acids is 2. The Labute approximate surface area is 340 Å². The summed E-state index contributed by atoms with van der Waals surface area (Å²) >= 11 is 12.7. The molecule has 2 heterocycles. The lowest BCUT2D eigenvalue weighted by molar-refractivity contribution is -0.114. The fourth-order valence-corrected chi connectivity index (χ4v) is 8.78. The number of phosphoric ester groups is 2. The molecule has 0 fully saturated rings. The molecule has 58 heavy (non-hydrogen) atoms. The van der Waals surface area contributed by atoms with Crippen LogP contribution in [0.4, 0.5) is 21.9 Å². The Hall–Kier alpha value is -5.21. The number of rotatable bonds is 11. The Morgan fingerprint density at radius 2 is 1.14 bits per heavy atom. The summed E-state index contributed by atoms with van der Waals surface area (Å²) in [4.78, 5) is 80.4. The van der Waals surface area contributed by atoms with Gasteiger partial charge in [-0.2, -0.15) is 0 Å². The Kier molecular flexibility index (Phi) is 11.4. The van der Waals surface area contributed by atoms with Gasteiger partial charge >= 0.3 is 21.7 Å². The van der Waals surface area contributed by atoms with Gasteiger partial charge in [0.05, 0.1) is 17.1 Å². The van der Waals surface area contributed by atoms with Crippen LogP contribution in [0, 0.1) is 0 Å². The first-order valence-corrected chi connectivity index (χ1v) is 21.5. The van der Waals surface area contributed by atoms with Crippen molar-refractivity contribution < 1.29 is 57.2 Å². The molecular formula is C39H33Cl2N3O12P2. The van der Waals surface area contributed by atoms with Crippen LogP contribution in [-0.2, 0) is 18.7 Å². The van der Waals surface area contributed by atoms with E-state index in [0.717, 1.165) is 5.56 Å². The van der Waals surface area contributed by atoms with Crippen molar-refractivity contribution in [3.63, 3.8) is 0 Å². The summed E-state index contributed by atoms with van der Waals surface area (Å²) in [5.74, 6) is -1.54. The van der Waals surface area contributed by atoms with Crippen molar-refractivity contribution in [3.8, 4) is 11.5 Å². The summed E-state index contributed by atoms with van der Waals surface area (Å²) in [6, 6.07) is 21.1. The van der Waals surface area contributed by atoms with Gasteiger partial charge in [-0.3, -0.25) is 34.5 Å². The number of nitrogens with one attached hydrogen (secondary N) is 1. The highest BCUT2D eigenvalue weighted by molar-refractivity contribution is 7.47. The van der Waals surface area contributed by atoms with Gasteiger partial charge in [0.1, 0.15) is 11.5 Å². The molecule has 2 atom stereocenters. The van der Waals surface area contributed by atoms with E-state index in [9.17, 15) is 48.2 Å². The molecule has 0 saturated carbocycles. The van der Waals surface area contributed by atoms with Crippen molar-refractivity contribution >= 4 is 108 Å². The van der Waals surface area contributed by atoms with E-state index in [0.29, 0.717) is 49.6 Å². The molecule has 5 aromatic rings. The molecule has 0 saturated heterocycles. The molecule has 0 unspecified atom stereocenters. The quantitative estimate of drug-likeness (QED) is 0.0425. The van der Waals surface area contributed by atoms with E-state index in [1.807, 2.05) is 0 Å². The minimum Gasteiger partial charge on any atom is -0.465 e. The third-order valence-electron chi connectivity index (χ3n) is 9.74. The molecule has 5 aromatic carbocycles. The largest absolute Gasteiger partial charge is 0.524 e. The van der Waals surface area contributed by atoms with Crippen molar-refractivity contribution in [1.82, 2.24) is 0 Å². The highest BCUT2D eigenvalue weighted by Gasteiger charge is 2.36. The number of benzene rings is 5. The molecule has 7 rings (SSSR count). The Balaban J connectivity index is 1.16. The van der Waals surface area contributed by atoms with Gasteiger partial charge in [-0.1, -0.05) is 60.7 Å². The summed E-state index contributed by atoms with van der Waals surface area (Å²) in [5.41, 5.74) is 2.98. The van der Waals surface area contributed by atoms with Crippen molar-refractivity contribution in [1.29, 1.82) is 0 Å². The second kappa shape index (κ2) is 16.2. The highest BCUT2D eigenvalue weighted by Crippen LogP contribution is 2.50. The molecule has 0 spiro atoms. The molecular weight excluding hydrogens is 835 g/mol. The maximum Gasteiger partial charge on any atom is 0.524 e. The minimum atomic E-state index is -4.96. The van der Waals surface area contributed by atoms with Crippen LogP contribution in [0.1, 0.15) is 34.1 Å². The van der Waals surface area contributed by atoms with E-state index < -0.39 is 33.6 Å². The summed E-state index contributed by atoms with van der Waals surface area (Å²) in [7, 11) is -9.92. The summed E-state index contributed by atoms with van der Waals surface area (Å²) in [6.07, 6.45) is 3.98. The van der Waals surface area contributed by atoms with Gasteiger partial charge < -0.3 is 24.0 Å². The van der Waals surface area contributed by atoms with Crippen molar-refractivity contribution in [2.45, 2.75) is 11.8 Å². The lowest BCUT2D eigenvalue weighted by Gasteiger charge is -2.18. The maximum absolute atomic E-state index is 13.7. The average molecular weight is 869 g/mol. The number of hydrogen-bond donors (Lipinski definition) is 6. The van der Waals surface area contributed by atoms with Gasteiger partial charge in [-0.05, 0) is 51.2 Å². The summed E-state index contributed by atoms with van der Waals surface area (Å²) < 4.78 is 33.6. The molecule has 19 heteroatoms. The predicted molar refractivity (Wildman–Crippen MR) is 221 cm³/mol. The first-order chi connectivity index (χ1) is 27.5. The van der Waals surface area contributed by atoms with Crippen LogP contribution in [0.25, 0.3) is 33.7 Å². The molecule has 300 valence electrons. The van der Waals surface area contributed by atoms with Crippen LogP contribution in [0.2, 0.25) is 0 Å². The SMILES string of the molecule is O=C(O)Nc1cc(/C=C/C(=O)N2C[C@@H](CCl)c3c2cc(OP(=O)(O)O)c2ccccc32)ccc1/C=C/C(=O)N1C[C@@H](CCl)c2c1cc(OP(=O)(O)O)c1ccccc21. The Morgan fingerprint density at radius 3 is 1.57 bits per heavy atom. The van der Waals surface area contributed by atoms with Gasteiger partial charge in [0.15, 0.2) is 0 Å². The fourth-order valence-electron chi connectivity index (χ4n) is 7.46. The van der Waals surface area contributed by atoms with E-state index in [2.05, 4.69) is 5.32 Å². The topological polar surface area (TPSA) is 223 Å². The number of carbonyl (C=O) groups is 3. The van der Waals surface area contributed by atoms with Gasteiger partial charge in [0, 0.05) is 71.7 Å². The molecule has 0 aliphatic carbocycles. The van der Waals surface area contributed by atoms with E-state index >= 15 is 0 Å². The second-order valence-corrected chi connectivity index (χ2v) is 16.4. The van der Waals surface area contributed by atoms with Crippen LogP contribution in [-0.4, -0.2) is 67.4 Å². The van der Waals surface area contributed by atoms with Crippen molar-refractivity contribution in [3.05, 3.63) is 113 Å². The fraction of sp³-hybridized carbons (Fsp3) is 0.154. The van der Waals surface area contributed by atoms with E-state index in [1.165, 1.54) is 52.3 Å². The molecule has 0 radical (unpaired) electrons. The number of hydrogen-bond acceptors (Lipinski definition) is 7. The summed E-state index contributed by atoms with van der Waals surface area (Å²) in [5, 5.41) is 14.1. The number of halogens is 2. The minimum absolute atomic E-state index is 0.0920. The zero-order valence-corrected chi connectivity index (χ0v) is 33.2. The average Bonchev–Trinajstić information content (AvgIpc) is 3.74. The van der Waals surface area contributed by atoms with Gasteiger partial charge in [-0.25, -0.2) is 13.9 Å². The number of carboxylic acid groups (broad SMARTS) is 1. The van der Waals surface area contributed by atoms with Crippen LogP contribution >= 0.6 is 38.8 Å². The standard InChI is InChI=1S/C39H33Cl2N3O12P2/c40-18-24-20-43(31-16-33(55-57(49,50)51)26-5-1-3-7-28(26)37(24)31)35(45)13-10-22-9-11-23(30(15-22)42-39(47)48)12-14-36(46)44-21-25(19-41)38-29-8-4-2-6-27(29)34(17-32(38)44)56-58(52,53)54/h1-17,24-25,42H,18-21H2,(H,47,48)(H2,49,50,51)(H2,52,53,54)/b13-10+,14-12+/t24-,25-/m1/s1. The molecule has 3 amide bonds. The monoisotopic (exact) mass is 867 g/mol. The van der Waals surface area contributed by atoms with Crippen LogP contribution < -0.4 is 24.2 Å². The Bertz CT molecular complexity index is 2660. The first kappa shape index (κ1) is 41.0. The molecule has 15 nitrogen and oxygen atoms in total. The molecule has 2 aliphatic rings. The number of fused-ring (bicyclic) bond motifs is 6. The Morgan fingerprint density at radius 1 is 0.690 bits per heavy atom. The number of anilines is 3. The smallest absolute Gasteiger partial charge is 0.465 e. The summed E-state index contributed by atoms with van der Waals surface area (Å²) in [6.45, 7) is 0.334. The predicted octanol–water partition coefficient (Wildman–Crippen LogP) is 7.79. The first-order valence-electron chi connectivity index (χ1n) is 17.4. The normalized spacial score (nSPS) is 16.7. The van der Waals surface area contributed by atoms with Crippen molar-refractivity contribution in [2.24, 2.45) is 0 Å². The molecule has 0 aromatic heterocycles. The maximum atomic E-state index is 13.7. The van der Waals surface area contributed by atoms with Crippen LogP contribution in [0.15, 0.2) is 91.0 Å². The van der Waals surface area contributed by atoms with E-state index in [-0.39, 0.29) is 53.9 Å². The third kappa shape index (κ3) is 8.49. The van der Waals surface area contributed by atoms with Gasteiger partial charge in [0.25, 0.3) is 11.8 Å². The zero-order chi connectivity index (χ0) is 41.5. The molecule has 2 aliphatic heterocycles. The lowest BCUT2D eigenvalue weighted by Crippen LogP contribution is -2.28. The molecule has 0 bridgehead atoms. The van der Waals surface area contributed by atoms with E-state index in [4.69, 9.17) is 32.2 Å². The van der Waals surface area contributed by atoms with Gasteiger partial charge in [0.2, 0.25) is 0 Å². The number of alkyl halides is 2. The highest BCUT2D eigenvalue weighted by atomic mass is 35.5. The van der Waals surface area contributed by atoms with Crippen LogP contribution in [0.5, 0.6) is 11.5 Å². The van der Waals surface area contributed by atoms with Gasteiger partial charge in [-0.15, -0.1) is 23.2 Å². The van der Waals surface area contributed by atoms with E-state index in [1.54, 1.807) is 60.7 Å². The number of phosphoric acid groups is 2. The number of nitrogens with zero attached hydrogens (tertiary/aromatic N) is 2. The van der Waals surface area contributed by atoms with Crippen LogP contribution in [0.3, 0.4) is 0 Å².